The van der Waals surface area contributed by atoms with E-state index in [1.807, 2.05) is 0 Å². The Morgan fingerprint density at radius 3 is 1.25 bits per heavy atom. The second kappa shape index (κ2) is 31.5. The third kappa shape index (κ3) is 49.5. The van der Waals surface area contributed by atoms with Crippen LogP contribution in [0.5, 0.6) is 0 Å². The lowest BCUT2D eigenvalue weighted by molar-refractivity contribution is 0.406. The maximum Gasteiger partial charge on any atom is 0.0829 e. The summed E-state index contributed by atoms with van der Waals surface area (Å²) in [5.41, 5.74) is 0. The van der Waals surface area contributed by atoms with Crippen LogP contribution in [0.3, 0.4) is 0 Å². The molecule has 0 radical (unpaired) electrons. The fraction of sp³-hybridized carbons (Fsp3) is 0. The van der Waals surface area contributed by atoms with E-state index in [0.29, 0.717) is 0 Å². The van der Waals surface area contributed by atoms with Crippen LogP contribution in [-0.4, -0.2) is 0 Å². The van der Waals surface area contributed by atoms with Crippen LogP contribution in [0.15, 0.2) is 38.8 Å². The van der Waals surface area contributed by atoms with Gasteiger partial charge in [0.2, 0.25) is 0 Å². The molecule has 2 heteroatoms. The molecular weight excluding hydrogens is 168 g/mol. The van der Waals surface area contributed by atoms with Gasteiger partial charge in [0.25, 0.3) is 0 Å². The molecule has 0 heterocycles. The van der Waals surface area contributed by atoms with Gasteiger partial charge in [0, 0.05) is 0 Å². The molecule has 0 unspecified atom stereocenters. The van der Waals surface area contributed by atoms with E-state index in [1.54, 1.807) is 0 Å². The summed E-state index contributed by atoms with van der Waals surface area (Å²) in [6.45, 7) is 12.5. The topological polar surface area (TPSA) is 9.23 Å². The lowest BCUT2D eigenvalue weighted by atomic mass is 11.1. The molecule has 0 atom stereocenters. The molecule has 0 aliphatic heterocycles. The lowest BCUT2D eigenvalue weighted by Gasteiger charge is -1.76. The molecular formula is C6H11BrO. The highest BCUT2D eigenvalue weighted by atomic mass is 79.9. The first-order valence-corrected chi connectivity index (χ1v) is 1.79. The van der Waals surface area contributed by atoms with E-state index in [1.165, 1.54) is 12.5 Å². The summed E-state index contributed by atoms with van der Waals surface area (Å²) in [5, 5.41) is 0. The summed E-state index contributed by atoms with van der Waals surface area (Å²) in [6, 6.07) is 0. The smallest absolute Gasteiger partial charge is 0.0829 e. The van der Waals surface area contributed by atoms with Crippen molar-refractivity contribution in [2.45, 2.75) is 0 Å². The number of hydrogen-bond donors (Lipinski definition) is 0. The molecule has 0 bridgehead atoms. The van der Waals surface area contributed by atoms with Gasteiger partial charge in [-0.05, 0) is 0 Å². The lowest BCUT2D eigenvalue weighted by Crippen LogP contribution is -1.52. The van der Waals surface area contributed by atoms with Crippen molar-refractivity contribution < 1.29 is 4.74 Å². The van der Waals surface area contributed by atoms with Crippen molar-refractivity contribution in [2.24, 2.45) is 0 Å². The van der Waals surface area contributed by atoms with Gasteiger partial charge in [-0.15, -0.1) is 30.1 Å². The van der Waals surface area contributed by atoms with E-state index in [9.17, 15) is 0 Å². The summed E-state index contributed by atoms with van der Waals surface area (Å²) in [4.78, 5) is 0. The van der Waals surface area contributed by atoms with E-state index in [0.717, 1.165) is 0 Å². The van der Waals surface area contributed by atoms with E-state index in [-0.39, 0.29) is 17.0 Å². The number of halogens is 1. The van der Waals surface area contributed by atoms with Crippen LogP contribution < -0.4 is 0 Å². The van der Waals surface area contributed by atoms with Crippen molar-refractivity contribution in [2.75, 3.05) is 0 Å². The summed E-state index contributed by atoms with van der Waals surface area (Å²) in [5.74, 6) is 0. The Bertz CT molecular complexity index is 46.5. The van der Waals surface area contributed by atoms with Gasteiger partial charge in [0.05, 0.1) is 12.5 Å². The molecule has 0 amide bonds. The van der Waals surface area contributed by atoms with Gasteiger partial charge in [0.15, 0.2) is 0 Å². The number of hydrogen-bond acceptors (Lipinski definition) is 1. The fourth-order valence-corrected chi connectivity index (χ4v) is 0.0680. The van der Waals surface area contributed by atoms with Gasteiger partial charge in [-0.1, -0.05) is 13.2 Å². The minimum Gasteiger partial charge on any atom is -0.474 e. The highest BCUT2D eigenvalue weighted by Crippen LogP contribution is 1.65. The van der Waals surface area contributed by atoms with Crippen molar-refractivity contribution >= 4 is 17.0 Å². The first-order chi connectivity index (χ1) is 3.41. The molecule has 0 aromatic heterocycles. The number of ether oxygens (including phenoxy) is 1. The van der Waals surface area contributed by atoms with Crippen molar-refractivity contribution in [1.29, 1.82) is 0 Å². The maximum atomic E-state index is 4.36. The van der Waals surface area contributed by atoms with Crippen LogP contribution in [0.1, 0.15) is 0 Å². The summed E-state index contributed by atoms with van der Waals surface area (Å²) >= 11 is 0. The Labute approximate surface area is 61.1 Å². The molecule has 1 nitrogen and oxygen atoms in total. The van der Waals surface area contributed by atoms with Gasteiger partial charge in [0.1, 0.15) is 0 Å². The minimum absolute atomic E-state index is 0. The predicted octanol–water partition coefficient (Wildman–Crippen LogP) is 2.67. The standard InChI is InChI=1S/C4H6O.C2H4.BrH/c1-3-5-4-2;1-2;/h3-4H,1-2H2;1-2H2;1H. The zero-order valence-electron chi connectivity index (χ0n) is 4.80. The van der Waals surface area contributed by atoms with Gasteiger partial charge in [-0.3, -0.25) is 0 Å². The molecule has 0 aliphatic carbocycles. The summed E-state index contributed by atoms with van der Waals surface area (Å²) in [7, 11) is 0. The van der Waals surface area contributed by atoms with Crippen LogP contribution in [0, 0.1) is 0 Å². The summed E-state index contributed by atoms with van der Waals surface area (Å²) in [6.07, 6.45) is 2.62. The molecule has 0 aromatic rings. The molecule has 0 saturated carbocycles. The van der Waals surface area contributed by atoms with Gasteiger partial charge in [-0.2, -0.15) is 0 Å². The Kier molecular flexibility index (Phi) is 61.5. The molecule has 48 valence electrons. The van der Waals surface area contributed by atoms with Crippen LogP contribution in [-0.2, 0) is 4.74 Å². The van der Waals surface area contributed by atoms with Crippen molar-refractivity contribution in [3.05, 3.63) is 38.8 Å². The van der Waals surface area contributed by atoms with Crippen LogP contribution >= 0.6 is 17.0 Å². The Balaban J connectivity index is -0.0000000750. The Hall–Kier alpha value is -0.500. The number of rotatable bonds is 2. The molecule has 0 N–H and O–H groups in total. The highest BCUT2D eigenvalue weighted by molar-refractivity contribution is 8.93. The van der Waals surface area contributed by atoms with Crippen molar-refractivity contribution in [1.82, 2.24) is 0 Å². The Morgan fingerprint density at radius 2 is 1.25 bits per heavy atom. The van der Waals surface area contributed by atoms with Gasteiger partial charge in [-0.25, -0.2) is 0 Å². The van der Waals surface area contributed by atoms with Gasteiger partial charge >= 0.3 is 0 Å². The van der Waals surface area contributed by atoms with E-state index < -0.39 is 0 Å². The maximum absolute atomic E-state index is 4.36. The van der Waals surface area contributed by atoms with Crippen LogP contribution in [0.25, 0.3) is 0 Å². The summed E-state index contributed by atoms with van der Waals surface area (Å²) < 4.78 is 4.36. The Morgan fingerprint density at radius 1 is 1.00 bits per heavy atom. The minimum atomic E-state index is 0. The molecule has 0 spiro atoms. The zero-order valence-corrected chi connectivity index (χ0v) is 6.51. The second-order valence-corrected chi connectivity index (χ2v) is 0.469. The third-order valence-corrected chi connectivity index (χ3v) is 0.192. The molecule has 0 aliphatic rings. The molecule has 0 rings (SSSR count). The van der Waals surface area contributed by atoms with Crippen LogP contribution in [0.2, 0.25) is 0 Å². The van der Waals surface area contributed by atoms with Gasteiger partial charge < -0.3 is 4.74 Å². The average molecular weight is 179 g/mol. The first kappa shape index (κ1) is 15.6. The highest BCUT2D eigenvalue weighted by Gasteiger charge is 1.45. The molecule has 0 saturated heterocycles. The van der Waals surface area contributed by atoms with Crippen molar-refractivity contribution in [3.63, 3.8) is 0 Å². The second-order valence-electron chi connectivity index (χ2n) is 0.469. The molecule has 0 aromatic carbocycles. The predicted molar refractivity (Wildman–Crippen MR) is 43.1 cm³/mol. The van der Waals surface area contributed by atoms with Crippen LogP contribution in [0.4, 0.5) is 0 Å². The first-order valence-electron chi connectivity index (χ1n) is 1.79. The third-order valence-electron chi connectivity index (χ3n) is 0.192. The van der Waals surface area contributed by atoms with E-state index in [2.05, 4.69) is 31.1 Å². The largest absolute Gasteiger partial charge is 0.474 e. The fourth-order valence-electron chi connectivity index (χ4n) is 0.0680. The monoisotopic (exact) mass is 178 g/mol. The molecule has 8 heavy (non-hydrogen) atoms. The zero-order chi connectivity index (χ0) is 6.12. The average Bonchev–Trinajstić information content (AvgIpc) is 1.75. The van der Waals surface area contributed by atoms with E-state index in [4.69, 9.17) is 0 Å². The molecule has 0 fully saturated rings. The normalized spacial score (nSPS) is 4.00. The quantitative estimate of drug-likeness (QED) is 0.467. The van der Waals surface area contributed by atoms with E-state index >= 15 is 0 Å². The SMILES string of the molecule is Br.C=C.C=COC=C. The van der Waals surface area contributed by atoms with Crippen molar-refractivity contribution in [3.8, 4) is 0 Å².